The van der Waals surface area contributed by atoms with Crippen LogP contribution >= 0.6 is 0 Å². The van der Waals surface area contributed by atoms with Crippen LogP contribution in [-0.4, -0.2) is 14.5 Å². The first-order valence-electron chi connectivity index (χ1n) is 1.75. The van der Waals surface area contributed by atoms with Crippen LogP contribution in [-0.2, 0) is 0 Å². The fourth-order valence-electron chi connectivity index (χ4n) is 0. The Balaban J connectivity index is -0.0000000457. The second kappa shape index (κ2) is 10.5. The molecule has 0 saturated carbocycles. The topological polar surface area (TPSA) is 0 Å². The monoisotopic (exact) mass is 298 g/mol. The van der Waals surface area contributed by atoms with Crippen LogP contribution in [0.4, 0.5) is 34.5 Å². The molecule has 12 heavy (non-hydrogen) atoms. The Morgan fingerprint density at radius 3 is 0.500 bits per heavy atom. The number of rotatable bonds is 0. The average Bonchev–Trinajstić information content (AvgIpc) is 1.12. The third-order valence-electron chi connectivity index (χ3n) is 0. The summed E-state index contributed by atoms with van der Waals surface area (Å²) in [6.07, 6.45) is 0. The number of hydrogen-bond donors (Lipinski definition) is 0. The van der Waals surface area contributed by atoms with E-state index in [1.165, 1.54) is 0 Å². The fourth-order valence-corrected chi connectivity index (χ4v) is 0. The Kier molecular flexibility index (Phi) is 21.3. The Bertz CT molecular complexity index is 60.0. The van der Waals surface area contributed by atoms with Gasteiger partial charge in [0.25, 0.3) is 0 Å². The molecule has 0 atom stereocenters. The van der Waals surface area contributed by atoms with Gasteiger partial charge in [-0.05, 0) is 0 Å². The van der Waals surface area contributed by atoms with Crippen molar-refractivity contribution in [2.24, 2.45) is 0 Å². The van der Waals surface area contributed by atoms with Crippen LogP contribution < -0.4 is 110 Å². The van der Waals surface area contributed by atoms with E-state index in [1.807, 2.05) is 0 Å². The maximum absolute atomic E-state index is 9.75. The van der Waals surface area contributed by atoms with Crippen LogP contribution in [0.2, 0.25) is 0 Å². The predicted molar refractivity (Wildman–Crippen MR) is 20.4 cm³/mol. The summed E-state index contributed by atoms with van der Waals surface area (Å²) >= 11 is 0. The molecule has 0 aliphatic carbocycles. The zero-order chi connectivity index (χ0) is 9.00. The summed E-state index contributed by atoms with van der Waals surface area (Å²) in [6.45, 7) is 0. The molecular weight excluding hydrogens is 298 g/mol. The maximum Gasteiger partial charge on any atom is 1.00 e. The van der Waals surface area contributed by atoms with Crippen molar-refractivity contribution in [3.05, 3.63) is 0 Å². The van der Waals surface area contributed by atoms with Gasteiger partial charge in [-0.3, -0.25) is 0 Å². The summed E-state index contributed by atoms with van der Waals surface area (Å²) < 4.78 is 78.0. The molecule has 0 aromatic heterocycles. The molecule has 0 N–H and O–H groups in total. The van der Waals surface area contributed by atoms with E-state index in [0.717, 1.165) is 0 Å². The smallest absolute Gasteiger partial charge is 0.418 e. The normalized spacial score (nSPS) is 10.0. The fraction of sp³-hybridized carbons (Fsp3) is 0. The van der Waals surface area contributed by atoms with Crippen molar-refractivity contribution in [3.63, 3.8) is 0 Å². The minimum absolute atomic E-state index is 0. The summed E-state index contributed by atoms with van der Waals surface area (Å²) in [4.78, 5) is 0. The molecule has 64 valence electrons. The van der Waals surface area contributed by atoms with Gasteiger partial charge in [-0.2, -0.15) is 0 Å². The van der Waals surface area contributed by atoms with Gasteiger partial charge in [-0.25, -0.2) is 0 Å². The zero-order valence-corrected chi connectivity index (χ0v) is 14.2. The molecule has 0 radical (unpaired) electrons. The van der Waals surface area contributed by atoms with Crippen molar-refractivity contribution in [2.75, 3.05) is 0 Å². The van der Waals surface area contributed by atoms with Crippen LogP contribution in [0, 0.1) is 0 Å². The first-order chi connectivity index (χ1) is 4.00. The van der Waals surface area contributed by atoms with Crippen molar-refractivity contribution in [3.8, 4) is 0 Å². The molecule has 0 saturated heterocycles. The van der Waals surface area contributed by atoms with Gasteiger partial charge in [0.1, 0.15) is 0 Å². The second-order valence-corrected chi connectivity index (χ2v) is 0.990. The van der Waals surface area contributed by atoms with E-state index in [-0.39, 0.29) is 110 Å². The van der Waals surface area contributed by atoms with E-state index < -0.39 is 14.5 Å². The summed E-state index contributed by atoms with van der Waals surface area (Å²) in [7, 11) is -12.0. The largest absolute Gasteiger partial charge is 1.00 e. The molecule has 0 amide bonds. The van der Waals surface area contributed by atoms with E-state index in [1.54, 1.807) is 0 Å². The molecule has 0 bridgehead atoms. The number of hydrogen-bond acceptors (Lipinski definition) is 0. The summed E-state index contributed by atoms with van der Waals surface area (Å²) in [5.41, 5.74) is 0. The summed E-state index contributed by atoms with van der Waals surface area (Å²) in [5, 5.41) is 0. The Morgan fingerprint density at radius 2 is 0.500 bits per heavy atom. The van der Waals surface area contributed by atoms with Gasteiger partial charge < -0.3 is 34.5 Å². The van der Waals surface area contributed by atoms with Crippen LogP contribution in [0.15, 0.2) is 0 Å². The SMILES string of the molecule is F[B-](F)(F)F.F[B-](F)(F)F.[K+].[Rb+]. The Labute approximate surface area is 155 Å². The third-order valence-corrected chi connectivity index (χ3v) is 0. The van der Waals surface area contributed by atoms with Crippen LogP contribution in [0.1, 0.15) is 0 Å². The molecule has 0 aliphatic heterocycles. The van der Waals surface area contributed by atoms with Gasteiger partial charge in [0.05, 0.1) is 0 Å². The van der Waals surface area contributed by atoms with E-state index >= 15 is 0 Å². The van der Waals surface area contributed by atoms with Crippen molar-refractivity contribution in [1.29, 1.82) is 0 Å². The molecule has 12 heteroatoms. The molecule has 0 heterocycles. The number of halogens is 8. The van der Waals surface area contributed by atoms with Gasteiger partial charge in [-0.1, -0.05) is 0 Å². The van der Waals surface area contributed by atoms with Crippen LogP contribution in [0.3, 0.4) is 0 Å². The van der Waals surface area contributed by atoms with Crippen molar-refractivity contribution < 1.29 is 144 Å². The second-order valence-electron chi connectivity index (χ2n) is 0.990. The first-order valence-corrected chi connectivity index (χ1v) is 1.75. The van der Waals surface area contributed by atoms with Gasteiger partial charge in [0, 0.05) is 0 Å². The van der Waals surface area contributed by atoms with Crippen molar-refractivity contribution in [2.45, 2.75) is 0 Å². The quantitative estimate of drug-likeness (QED) is 0.323. The molecule has 0 unspecified atom stereocenters. The molecule has 0 fully saturated rings. The van der Waals surface area contributed by atoms with E-state index in [4.69, 9.17) is 0 Å². The summed E-state index contributed by atoms with van der Waals surface area (Å²) in [5.74, 6) is 0. The Hall–Kier alpha value is 3.01. The predicted octanol–water partition coefficient (Wildman–Crippen LogP) is -3.39. The summed E-state index contributed by atoms with van der Waals surface area (Å²) in [6, 6.07) is 0. The molecule has 0 spiro atoms. The van der Waals surface area contributed by atoms with Crippen LogP contribution in [0.5, 0.6) is 0 Å². The molecule has 0 aliphatic rings. The van der Waals surface area contributed by atoms with Crippen LogP contribution in [0.25, 0.3) is 0 Å². The Morgan fingerprint density at radius 1 is 0.500 bits per heavy atom. The molecule has 0 aromatic rings. The first kappa shape index (κ1) is 24.3. The minimum Gasteiger partial charge on any atom is -0.418 e. The van der Waals surface area contributed by atoms with Gasteiger partial charge >= 0.3 is 124 Å². The molecule has 0 rings (SSSR count). The average molecular weight is 298 g/mol. The zero-order valence-electron chi connectivity index (χ0n) is 6.18. The van der Waals surface area contributed by atoms with Gasteiger partial charge in [-0.15, -0.1) is 0 Å². The van der Waals surface area contributed by atoms with E-state index in [9.17, 15) is 34.5 Å². The van der Waals surface area contributed by atoms with Crippen molar-refractivity contribution in [1.82, 2.24) is 0 Å². The van der Waals surface area contributed by atoms with E-state index in [2.05, 4.69) is 0 Å². The minimum atomic E-state index is -6.00. The van der Waals surface area contributed by atoms with E-state index in [0.29, 0.717) is 0 Å². The van der Waals surface area contributed by atoms with Gasteiger partial charge in [0.2, 0.25) is 0 Å². The molecular formula is B2F8KRb. The third kappa shape index (κ3) is 207. The maximum atomic E-state index is 9.75. The van der Waals surface area contributed by atoms with Gasteiger partial charge in [0.15, 0.2) is 0 Å². The standard InChI is InChI=1S/2BF4.K.Rb/c2*2-1(3,4)5;;/q2*-1;2*+1. The van der Waals surface area contributed by atoms with Crippen molar-refractivity contribution >= 4 is 14.5 Å². The molecule has 0 nitrogen and oxygen atoms in total. The molecule has 0 aromatic carbocycles.